The number of imidazole rings is 1. The topological polar surface area (TPSA) is 29.9 Å². The van der Waals surface area contributed by atoms with Gasteiger partial charge in [-0.25, -0.2) is 9.37 Å². The Morgan fingerprint density at radius 2 is 1.90 bits per heavy atom. The molecule has 3 aromatic rings. The molecule has 0 radical (unpaired) electrons. The molecule has 0 fully saturated rings. The second-order valence-corrected chi connectivity index (χ2v) is 4.61. The van der Waals surface area contributed by atoms with Crippen LogP contribution in [0.4, 0.5) is 10.1 Å². The van der Waals surface area contributed by atoms with Crippen LogP contribution in [0.15, 0.2) is 42.5 Å². The first-order valence-corrected chi connectivity index (χ1v) is 6.67. The SMILES string of the molecule is CCn1c(-c2ccc(NC)cc2)nc2c(F)cccc21. The molecule has 20 heavy (non-hydrogen) atoms. The lowest BCUT2D eigenvalue weighted by atomic mass is 10.2. The van der Waals surface area contributed by atoms with E-state index in [4.69, 9.17) is 0 Å². The Morgan fingerprint density at radius 1 is 1.15 bits per heavy atom. The number of aromatic nitrogens is 2. The molecular weight excluding hydrogens is 253 g/mol. The lowest BCUT2D eigenvalue weighted by Gasteiger charge is -2.07. The molecule has 3 nitrogen and oxygen atoms in total. The highest BCUT2D eigenvalue weighted by molar-refractivity contribution is 5.81. The minimum atomic E-state index is -0.275. The van der Waals surface area contributed by atoms with Crippen molar-refractivity contribution in [3.8, 4) is 11.4 Å². The average Bonchev–Trinajstić information content (AvgIpc) is 2.87. The van der Waals surface area contributed by atoms with Gasteiger partial charge in [-0.2, -0.15) is 0 Å². The van der Waals surface area contributed by atoms with E-state index in [2.05, 4.69) is 10.3 Å². The minimum absolute atomic E-state index is 0.275. The number of nitrogens with zero attached hydrogens (tertiary/aromatic N) is 2. The van der Waals surface area contributed by atoms with Gasteiger partial charge in [-0.05, 0) is 43.3 Å². The van der Waals surface area contributed by atoms with Gasteiger partial charge in [0.05, 0.1) is 5.52 Å². The van der Waals surface area contributed by atoms with Gasteiger partial charge in [-0.1, -0.05) is 6.07 Å². The molecule has 0 aliphatic rings. The van der Waals surface area contributed by atoms with Crippen molar-refractivity contribution in [2.24, 2.45) is 0 Å². The van der Waals surface area contributed by atoms with Crippen molar-refractivity contribution >= 4 is 16.7 Å². The molecule has 0 amide bonds. The van der Waals surface area contributed by atoms with E-state index >= 15 is 0 Å². The molecule has 0 atom stereocenters. The van der Waals surface area contributed by atoms with Crippen LogP contribution in [0.25, 0.3) is 22.4 Å². The van der Waals surface area contributed by atoms with Crippen molar-refractivity contribution in [3.05, 3.63) is 48.3 Å². The Labute approximate surface area is 117 Å². The van der Waals surface area contributed by atoms with Crippen LogP contribution in [-0.4, -0.2) is 16.6 Å². The predicted octanol–water partition coefficient (Wildman–Crippen LogP) is 3.90. The molecule has 2 aromatic carbocycles. The summed E-state index contributed by atoms with van der Waals surface area (Å²) in [5.74, 6) is 0.526. The molecular formula is C16H16FN3. The maximum Gasteiger partial charge on any atom is 0.151 e. The van der Waals surface area contributed by atoms with Crippen molar-refractivity contribution in [1.29, 1.82) is 0 Å². The normalized spacial score (nSPS) is 10.9. The van der Waals surface area contributed by atoms with Crippen LogP contribution >= 0.6 is 0 Å². The number of aryl methyl sites for hydroxylation is 1. The number of rotatable bonds is 3. The third-order valence-corrected chi connectivity index (χ3v) is 3.48. The fourth-order valence-corrected chi connectivity index (χ4v) is 2.44. The summed E-state index contributed by atoms with van der Waals surface area (Å²) in [7, 11) is 1.88. The highest BCUT2D eigenvalue weighted by Gasteiger charge is 2.13. The second kappa shape index (κ2) is 4.96. The first kappa shape index (κ1) is 12.7. The molecule has 0 spiro atoms. The highest BCUT2D eigenvalue weighted by Crippen LogP contribution is 2.27. The zero-order chi connectivity index (χ0) is 14.1. The van der Waals surface area contributed by atoms with Gasteiger partial charge in [0.15, 0.2) is 5.82 Å². The number of para-hydroxylation sites is 1. The number of anilines is 1. The zero-order valence-corrected chi connectivity index (χ0v) is 11.5. The number of benzene rings is 2. The number of hydrogen-bond donors (Lipinski definition) is 1. The van der Waals surface area contributed by atoms with Crippen LogP contribution in [0.2, 0.25) is 0 Å². The van der Waals surface area contributed by atoms with Gasteiger partial charge in [0.1, 0.15) is 11.3 Å². The van der Waals surface area contributed by atoms with Crippen LogP contribution in [0.5, 0.6) is 0 Å². The lowest BCUT2D eigenvalue weighted by Crippen LogP contribution is -1.97. The summed E-state index contributed by atoms with van der Waals surface area (Å²) < 4.78 is 15.9. The van der Waals surface area contributed by atoms with Gasteiger partial charge >= 0.3 is 0 Å². The number of fused-ring (bicyclic) bond motifs is 1. The molecule has 0 aliphatic heterocycles. The summed E-state index contributed by atoms with van der Waals surface area (Å²) in [5.41, 5.74) is 3.29. The first-order valence-electron chi connectivity index (χ1n) is 6.67. The molecule has 0 bridgehead atoms. The van der Waals surface area contributed by atoms with Crippen LogP contribution in [0, 0.1) is 5.82 Å². The summed E-state index contributed by atoms with van der Waals surface area (Å²) in [6.45, 7) is 2.79. The van der Waals surface area contributed by atoms with Crippen molar-refractivity contribution in [2.75, 3.05) is 12.4 Å². The first-order chi connectivity index (χ1) is 9.74. The lowest BCUT2D eigenvalue weighted by molar-refractivity contribution is 0.637. The number of hydrogen-bond acceptors (Lipinski definition) is 2. The van der Waals surface area contributed by atoms with Crippen LogP contribution in [0.1, 0.15) is 6.92 Å². The van der Waals surface area contributed by atoms with Crippen molar-refractivity contribution in [3.63, 3.8) is 0 Å². The molecule has 0 aliphatic carbocycles. The van der Waals surface area contributed by atoms with Gasteiger partial charge < -0.3 is 9.88 Å². The quantitative estimate of drug-likeness (QED) is 0.781. The standard InChI is InChI=1S/C16H16FN3/c1-3-20-14-6-4-5-13(17)15(14)19-16(20)11-7-9-12(18-2)10-8-11/h4-10,18H,3H2,1-2H3. The van der Waals surface area contributed by atoms with Gasteiger partial charge in [-0.15, -0.1) is 0 Å². The summed E-state index contributed by atoms with van der Waals surface area (Å²) in [6, 6.07) is 13.0. The van der Waals surface area contributed by atoms with E-state index in [1.165, 1.54) is 6.07 Å². The van der Waals surface area contributed by atoms with E-state index in [1.807, 2.05) is 48.9 Å². The highest BCUT2D eigenvalue weighted by atomic mass is 19.1. The van der Waals surface area contributed by atoms with Crippen molar-refractivity contribution in [2.45, 2.75) is 13.5 Å². The monoisotopic (exact) mass is 269 g/mol. The minimum Gasteiger partial charge on any atom is -0.388 e. The van der Waals surface area contributed by atoms with Crippen LogP contribution in [0.3, 0.4) is 0 Å². The van der Waals surface area contributed by atoms with E-state index in [0.717, 1.165) is 29.1 Å². The molecule has 102 valence electrons. The fourth-order valence-electron chi connectivity index (χ4n) is 2.44. The summed E-state index contributed by atoms with van der Waals surface area (Å²) >= 11 is 0. The third-order valence-electron chi connectivity index (χ3n) is 3.48. The number of nitrogens with one attached hydrogen (secondary N) is 1. The van der Waals surface area contributed by atoms with E-state index in [9.17, 15) is 4.39 Å². The van der Waals surface area contributed by atoms with Crippen LogP contribution < -0.4 is 5.32 Å². The van der Waals surface area contributed by atoms with Crippen LogP contribution in [-0.2, 0) is 6.54 Å². The van der Waals surface area contributed by atoms with E-state index in [-0.39, 0.29) is 5.82 Å². The Balaban J connectivity index is 2.21. The maximum absolute atomic E-state index is 13.9. The second-order valence-electron chi connectivity index (χ2n) is 4.61. The summed E-state index contributed by atoms with van der Waals surface area (Å²) in [5, 5.41) is 3.08. The third kappa shape index (κ3) is 1.93. The van der Waals surface area contributed by atoms with Gasteiger partial charge in [0.2, 0.25) is 0 Å². The Kier molecular flexibility index (Phi) is 3.14. The molecule has 1 N–H and O–H groups in total. The largest absolute Gasteiger partial charge is 0.388 e. The molecule has 1 aromatic heterocycles. The molecule has 4 heteroatoms. The van der Waals surface area contributed by atoms with E-state index in [0.29, 0.717) is 5.52 Å². The molecule has 0 unspecified atom stereocenters. The summed E-state index contributed by atoms with van der Waals surface area (Å²) in [6.07, 6.45) is 0. The molecule has 1 heterocycles. The summed E-state index contributed by atoms with van der Waals surface area (Å²) in [4.78, 5) is 4.48. The maximum atomic E-state index is 13.9. The zero-order valence-electron chi connectivity index (χ0n) is 11.5. The fraction of sp³-hybridized carbons (Fsp3) is 0.188. The van der Waals surface area contributed by atoms with Gasteiger partial charge in [0, 0.05) is 24.8 Å². The molecule has 0 saturated heterocycles. The number of halogens is 1. The predicted molar refractivity (Wildman–Crippen MR) is 80.3 cm³/mol. The van der Waals surface area contributed by atoms with Gasteiger partial charge in [0.25, 0.3) is 0 Å². The van der Waals surface area contributed by atoms with E-state index < -0.39 is 0 Å². The molecule has 3 rings (SSSR count). The molecule has 0 saturated carbocycles. The van der Waals surface area contributed by atoms with Gasteiger partial charge in [-0.3, -0.25) is 0 Å². The average molecular weight is 269 g/mol. The van der Waals surface area contributed by atoms with Crippen molar-refractivity contribution < 1.29 is 4.39 Å². The Bertz CT molecular complexity index is 744. The Morgan fingerprint density at radius 3 is 2.55 bits per heavy atom. The smallest absolute Gasteiger partial charge is 0.151 e. The van der Waals surface area contributed by atoms with Crippen molar-refractivity contribution in [1.82, 2.24) is 9.55 Å². The Hall–Kier alpha value is -2.36. The van der Waals surface area contributed by atoms with E-state index in [1.54, 1.807) is 6.07 Å².